The van der Waals surface area contributed by atoms with Crippen LogP contribution in [0, 0.1) is 0 Å². The number of oxazole rings is 1. The molecular formula is C23H23NO4. The number of hydrogen-bond donors (Lipinski definition) is 0. The molecule has 2 aromatic carbocycles. The highest BCUT2D eigenvalue weighted by Crippen LogP contribution is 2.21. The zero-order valence-corrected chi connectivity index (χ0v) is 15.8. The molecule has 0 atom stereocenters. The van der Waals surface area contributed by atoms with E-state index in [1.54, 1.807) is 13.2 Å². The maximum Gasteiger partial charge on any atom is 0.306 e. The molecule has 0 N–H and O–H groups in total. The Balaban J connectivity index is 1.57. The second kappa shape index (κ2) is 10.1. The zero-order chi connectivity index (χ0) is 19.6. The number of benzene rings is 2. The number of nitrogens with zero attached hydrogens (tertiary/aromatic N) is 1. The summed E-state index contributed by atoms with van der Waals surface area (Å²) in [7, 11) is 0. The number of ether oxygens (including phenoxy) is 2. The molecule has 1 aromatic heterocycles. The Morgan fingerprint density at radius 3 is 2.68 bits per heavy atom. The van der Waals surface area contributed by atoms with Crippen molar-refractivity contribution in [1.29, 1.82) is 0 Å². The van der Waals surface area contributed by atoms with Crippen LogP contribution in [0.4, 0.5) is 0 Å². The van der Waals surface area contributed by atoms with Crippen LogP contribution in [0.5, 0.6) is 5.75 Å². The van der Waals surface area contributed by atoms with Crippen molar-refractivity contribution >= 4 is 18.1 Å². The first-order valence-electron chi connectivity index (χ1n) is 9.28. The van der Waals surface area contributed by atoms with Gasteiger partial charge in [-0.25, -0.2) is 4.98 Å². The molecule has 0 aliphatic rings. The van der Waals surface area contributed by atoms with Crippen molar-refractivity contribution in [3.05, 3.63) is 83.6 Å². The van der Waals surface area contributed by atoms with Gasteiger partial charge in [-0.05, 0) is 36.6 Å². The normalized spacial score (nSPS) is 10.9. The number of esters is 1. The summed E-state index contributed by atoms with van der Waals surface area (Å²) in [6.45, 7) is 2.49. The standard InChI is InChI=1S/C23H23NO4/c1-2-26-23(25)15-13-19-10-6-7-11-21(19)27-16-20-17-28-22(24-20)14-12-18-8-4-3-5-9-18/h3-12,14,17H,2,13,15-16H2,1H3. The van der Waals surface area contributed by atoms with E-state index < -0.39 is 0 Å². The molecule has 0 aliphatic heterocycles. The van der Waals surface area contributed by atoms with Gasteiger partial charge < -0.3 is 13.9 Å². The maximum atomic E-state index is 11.6. The van der Waals surface area contributed by atoms with E-state index in [9.17, 15) is 4.79 Å². The van der Waals surface area contributed by atoms with Gasteiger partial charge in [0.15, 0.2) is 0 Å². The van der Waals surface area contributed by atoms with Crippen molar-refractivity contribution in [2.45, 2.75) is 26.4 Å². The number of carbonyl (C=O) groups is 1. The van der Waals surface area contributed by atoms with Gasteiger partial charge in [0.05, 0.1) is 6.61 Å². The highest BCUT2D eigenvalue weighted by Gasteiger charge is 2.09. The first kappa shape index (κ1) is 19.4. The Kier molecular flexibility index (Phi) is 7.01. The van der Waals surface area contributed by atoms with Crippen molar-refractivity contribution < 1.29 is 18.7 Å². The van der Waals surface area contributed by atoms with E-state index >= 15 is 0 Å². The van der Waals surface area contributed by atoms with Gasteiger partial charge in [0.1, 0.15) is 24.3 Å². The molecule has 0 radical (unpaired) electrons. The number of rotatable bonds is 9. The van der Waals surface area contributed by atoms with E-state index in [0.717, 1.165) is 16.9 Å². The smallest absolute Gasteiger partial charge is 0.306 e. The maximum absolute atomic E-state index is 11.6. The first-order chi connectivity index (χ1) is 13.7. The second-order valence-corrected chi connectivity index (χ2v) is 6.12. The quantitative estimate of drug-likeness (QED) is 0.495. The largest absolute Gasteiger partial charge is 0.487 e. The highest BCUT2D eigenvalue weighted by molar-refractivity contribution is 5.69. The van der Waals surface area contributed by atoms with Crippen LogP contribution in [-0.2, 0) is 22.6 Å². The monoisotopic (exact) mass is 377 g/mol. The lowest BCUT2D eigenvalue weighted by Crippen LogP contribution is -2.06. The zero-order valence-electron chi connectivity index (χ0n) is 15.8. The summed E-state index contributed by atoms with van der Waals surface area (Å²) in [5, 5.41) is 0. The predicted molar refractivity (Wildman–Crippen MR) is 108 cm³/mol. The fourth-order valence-electron chi connectivity index (χ4n) is 2.67. The van der Waals surface area contributed by atoms with Crippen molar-refractivity contribution in [2.24, 2.45) is 0 Å². The van der Waals surface area contributed by atoms with Crippen molar-refractivity contribution in [1.82, 2.24) is 4.98 Å². The molecule has 3 rings (SSSR count). The Hall–Kier alpha value is -3.34. The summed E-state index contributed by atoms with van der Waals surface area (Å²) in [6, 6.07) is 17.6. The van der Waals surface area contributed by atoms with Crippen LogP contribution < -0.4 is 4.74 Å². The van der Waals surface area contributed by atoms with Crippen LogP contribution in [0.25, 0.3) is 12.2 Å². The molecule has 0 saturated heterocycles. The number of hydrogen-bond acceptors (Lipinski definition) is 5. The van der Waals surface area contributed by atoms with Gasteiger partial charge in [0.25, 0.3) is 0 Å². The average molecular weight is 377 g/mol. The van der Waals surface area contributed by atoms with Crippen LogP contribution in [-0.4, -0.2) is 17.6 Å². The molecule has 0 saturated carbocycles. The molecule has 144 valence electrons. The summed E-state index contributed by atoms with van der Waals surface area (Å²) >= 11 is 0. The van der Waals surface area contributed by atoms with E-state index in [-0.39, 0.29) is 5.97 Å². The van der Waals surface area contributed by atoms with E-state index in [0.29, 0.717) is 37.6 Å². The molecule has 1 heterocycles. The minimum Gasteiger partial charge on any atom is -0.487 e. The van der Waals surface area contributed by atoms with Gasteiger partial charge in [-0.15, -0.1) is 0 Å². The molecule has 0 fully saturated rings. The minimum atomic E-state index is -0.205. The molecule has 0 spiro atoms. The van der Waals surface area contributed by atoms with E-state index in [4.69, 9.17) is 13.9 Å². The molecule has 3 aromatic rings. The predicted octanol–water partition coefficient (Wildman–Crippen LogP) is 4.92. The summed E-state index contributed by atoms with van der Waals surface area (Å²) in [4.78, 5) is 16.0. The van der Waals surface area contributed by atoms with Crippen molar-refractivity contribution in [3.63, 3.8) is 0 Å². The molecule has 5 nitrogen and oxygen atoms in total. The van der Waals surface area contributed by atoms with E-state index in [1.807, 2.05) is 66.7 Å². The van der Waals surface area contributed by atoms with E-state index in [2.05, 4.69) is 4.98 Å². The Morgan fingerprint density at radius 1 is 1.07 bits per heavy atom. The van der Waals surface area contributed by atoms with Crippen LogP contribution in [0.3, 0.4) is 0 Å². The van der Waals surface area contributed by atoms with Gasteiger partial charge in [-0.2, -0.15) is 0 Å². The van der Waals surface area contributed by atoms with Crippen LogP contribution >= 0.6 is 0 Å². The number of carbonyl (C=O) groups excluding carboxylic acids is 1. The molecule has 0 aliphatic carbocycles. The van der Waals surface area contributed by atoms with Gasteiger partial charge >= 0.3 is 5.97 Å². The highest BCUT2D eigenvalue weighted by atomic mass is 16.5. The van der Waals surface area contributed by atoms with Crippen LogP contribution in [0.2, 0.25) is 0 Å². The van der Waals surface area contributed by atoms with Crippen LogP contribution in [0.1, 0.15) is 36.1 Å². The Labute approximate surface area is 164 Å². The van der Waals surface area contributed by atoms with Crippen molar-refractivity contribution in [2.75, 3.05) is 6.61 Å². The third-order valence-corrected chi connectivity index (χ3v) is 4.04. The summed E-state index contributed by atoms with van der Waals surface area (Å²) in [5.74, 6) is 1.05. The topological polar surface area (TPSA) is 61.6 Å². The number of aromatic nitrogens is 1. The number of aryl methyl sites for hydroxylation is 1. The number of para-hydroxylation sites is 1. The Morgan fingerprint density at radius 2 is 1.86 bits per heavy atom. The first-order valence-corrected chi connectivity index (χ1v) is 9.28. The second-order valence-electron chi connectivity index (χ2n) is 6.12. The van der Waals surface area contributed by atoms with Crippen LogP contribution in [0.15, 0.2) is 65.3 Å². The fourth-order valence-corrected chi connectivity index (χ4v) is 2.67. The van der Waals surface area contributed by atoms with Gasteiger partial charge in [0.2, 0.25) is 5.89 Å². The summed E-state index contributed by atoms with van der Waals surface area (Å²) in [6.07, 6.45) is 6.25. The molecule has 0 unspecified atom stereocenters. The van der Waals surface area contributed by atoms with E-state index in [1.165, 1.54) is 0 Å². The Bertz CT molecular complexity index is 915. The SMILES string of the molecule is CCOC(=O)CCc1ccccc1OCc1coc(C=Cc2ccccc2)n1. The fraction of sp³-hybridized carbons (Fsp3) is 0.217. The summed E-state index contributed by atoms with van der Waals surface area (Å²) in [5.41, 5.74) is 2.74. The van der Waals surface area contributed by atoms with Gasteiger partial charge in [-0.1, -0.05) is 48.5 Å². The van der Waals surface area contributed by atoms with Crippen molar-refractivity contribution in [3.8, 4) is 5.75 Å². The summed E-state index contributed by atoms with van der Waals surface area (Å²) < 4.78 is 16.3. The molecule has 0 bridgehead atoms. The molecular weight excluding hydrogens is 354 g/mol. The molecule has 5 heteroatoms. The third kappa shape index (κ3) is 5.84. The molecule has 28 heavy (non-hydrogen) atoms. The van der Waals surface area contributed by atoms with Gasteiger partial charge in [0, 0.05) is 12.5 Å². The lowest BCUT2D eigenvalue weighted by molar-refractivity contribution is -0.143. The minimum absolute atomic E-state index is 0.205. The van der Waals surface area contributed by atoms with Gasteiger partial charge in [-0.3, -0.25) is 4.79 Å². The molecule has 0 amide bonds. The third-order valence-electron chi connectivity index (χ3n) is 4.04. The lowest BCUT2D eigenvalue weighted by atomic mass is 10.1. The average Bonchev–Trinajstić information content (AvgIpc) is 3.19. The lowest BCUT2D eigenvalue weighted by Gasteiger charge is -2.10.